The molecule has 1 aromatic rings. The van der Waals surface area contributed by atoms with Crippen molar-refractivity contribution in [1.82, 2.24) is 0 Å². The molecule has 11 nitrogen and oxygen atoms in total. The molecule has 0 bridgehead atoms. The van der Waals surface area contributed by atoms with Crippen molar-refractivity contribution in [2.24, 2.45) is 29.1 Å². The van der Waals surface area contributed by atoms with Crippen LogP contribution < -0.4 is 0 Å². The van der Waals surface area contributed by atoms with Gasteiger partial charge in [-0.3, -0.25) is 19.2 Å². The van der Waals surface area contributed by atoms with Gasteiger partial charge < -0.3 is 28.8 Å². The summed E-state index contributed by atoms with van der Waals surface area (Å²) < 4.78 is 30.4. The Labute approximate surface area is 256 Å². The fraction of sp³-hybridized carbons (Fsp3) is 0.606. The third kappa shape index (κ3) is 4.75. The lowest BCUT2D eigenvalue weighted by Crippen LogP contribution is -2.64. The van der Waals surface area contributed by atoms with Gasteiger partial charge in [0, 0.05) is 32.6 Å². The zero-order valence-electron chi connectivity index (χ0n) is 26.0. The summed E-state index contributed by atoms with van der Waals surface area (Å²) in [6.45, 7) is 10.1. The predicted molar refractivity (Wildman–Crippen MR) is 153 cm³/mol. The van der Waals surface area contributed by atoms with Crippen molar-refractivity contribution < 1.29 is 52.8 Å². The Balaban J connectivity index is 1.83. The average Bonchev–Trinajstić information content (AvgIpc) is 3.30. The lowest BCUT2D eigenvalue weighted by atomic mass is 9.54. The van der Waals surface area contributed by atoms with E-state index in [1.807, 2.05) is 13.8 Å². The van der Waals surface area contributed by atoms with Gasteiger partial charge >= 0.3 is 23.9 Å². The van der Waals surface area contributed by atoms with Gasteiger partial charge in [-0.2, -0.15) is 0 Å². The fourth-order valence-electron chi connectivity index (χ4n) is 8.64. The van der Waals surface area contributed by atoms with Crippen LogP contribution in [0.3, 0.4) is 0 Å². The van der Waals surface area contributed by atoms with Crippen molar-refractivity contribution >= 4 is 29.7 Å². The summed E-state index contributed by atoms with van der Waals surface area (Å²) in [5.74, 6) is -6.77. The van der Waals surface area contributed by atoms with Crippen LogP contribution in [0.5, 0.6) is 0 Å². The summed E-state index contributed by atoms with van der Waals surface area (Å²) in [6, 6.07) is 8.27. The fourth-order valence-corrected chi connectivity index (χ4v) is 8.64. The van der Waals surface area contributed by atoms with Crippen molar-refractivity contribution in [2.45, 2.75) is 90.0 Å². The molecule has 238 valence electrons. The number of esters is 4. The quantitative estimate of drug-likeness (QED) is 0.287. The standard InChI is InChI=1S/C33H40O11/c1-17-15-33(39)24(25(17)41-19(3)35)27(42-20(4)36)32(16-40-18(2)34)23(43-28(37)21-11-9-8-10-12-21)14-13-22-26(32)31(7,29(33)38)44-30(22,5)6/h8-14,17,22-27,39H,15-16H2,1-7H3/t17-,22-,23+,24+,25-,26-,27+,31-,32+,33+/m0/s1. The summed E-state index contributed by atoms with van der Waals surface area (Å²) in [6.07, 6.45) is -0.416. The molecule has 10 atom stereocenters. The molecule has 0 unspecified atom stereocenters. The third-order valence-electron chi connectivity index (χ3n) is 10.00. The second kappa shape index (κ2) is 10.8. The van der Waals surface area contributed by atoms with Crippen LogP contribution in [0, 0.1) is 29.1 Å². The van der Waals surface area contributed by atoms with Crippen molar-refractivity contribution in [3.05, 3.63) is 48.0 Å². The van der Waals surface area contributed by atoms with Gasteiger partial charge in [-0.25, -0.2) is 4.79 Å². The molecule has 1 heterocycles. The Morgan fingerprint density at radius 2 is 1.57 bits per heavy atom. The van der Waals surface area contributed by atoms with Gasteiger partial charge in [0.25, 0.3) is 0 Å². The number of ether oxygens (including phenoxy) is 5. The topological polar surface area (TPSA) is 152 Å². The van der Waals surface area contributed by atoms with Crippen molar-refractivity contribution in [2.75, 3.05) is 6.61 Å². The summed E-state index contributed by atoms with van der Waals surface area (Å²) in [7, 11) is 0. The number of fused-ring (bicyclic) bond motifs is 1. The number of carbonyl (C=O) groups excluding carboxylic acids is 5. The maximum Gasteiger partial charge on any atom is 0.338 e. The summed E-state index contributed by atoms with van der Waals surface area (Å²) in [5.41, 5.74) is -6.33. The van der Waals surface area contributed by atoms with E-state index in [1.54, 1.807) is 56.3 Å². The Morgan fingerprint density at radius 1 is 0.932 bits per heavy atom. The lowest BCUT2D eigenvalue weighted by molar-refractivity contribution is -0.210. The second-order valence-electron chi connectivity index (χ2n) is 13.4. The number of aliphatic hydroxyl groups is 1. The van der Waals surface area contributed by atoms with Crippen LogP contribution in [0.4, 0.5) is 0 Å². The Bertz CT molecular complexity index is 1400. The molecule has 1 aromatic carbocycles. The SMILES string of the molecule is CC(=O)OC[C@@]12[C@H](OC(C)=O)[C@H]3[C@@H](OC(C)=O)[C@@H](C)C[C@]3(O)C(=O)[C@@]3(C)OC(C)(C)[C@@H](C=C[C@H]1OC(=O)c1ccccc1)[C@H]23. The van der Waals surface area contributed by atoms with Crippen LogP contribution >= 0.6 is 0 Å². The van der Waals surface area contributed by atoms with E-state index in [1.165, 1.54) is 20.8 Å². The zero-order valence-corrected chi connectivity index (χ0v) is 26.0. The van der Waals surface area contributed by atoms with E-state index in [0.29, 0.717) is 0 Å². The number of benzene rings is 1. The largest absolute Gasteiger partial charge is 0.465 e. The molecule has 4 aliphatic rings. The molecule has 2 saturated carbocycles. The molecule has 0 radical (unpaired) electrons. The zero-order chi connectivity index (χ0) is 32.4. The van der Waals surface area contributed by atoms with Gasteiger partial charge in [-0.1, -0.05) is 31.2 Å². The summed E-state index contributed by atoms with van der Waals surface area (Å²) >= 11 is 0. The van der Waals surface area contributed by atoms with Crippen LogP contribution in [-0.2, 0) is 42.9 Å². The van der Waals surface area contributed by atoms with Crippen LogP contribution in [-0.4, -0.2) is 76.5 Å². The molecule has 1 aliphatic heterocycles. The van der Waals surface area contributed by atoms with E-state index >= 15 is 0 Å². The first kappa shape index (κ1) is 31.8. The highest BCUT2D eigenvalue weighted by Crippen LogP contribution is 2.67. The molecule has 1 N–H and O–H groups in total. The first-order valence-corrected chi connectivity index (χ1v) is 14.9. The Hall–Kier alpha value is -3.57. The highest BCUT2D eigenvalue weighted by Gasteiger charge is 2.80. The first-order valence-electron chi connectivity index (χ1n) is 14.9. The van der Waals surface area contributed by atoms with Crippen molar-refractivity contribution in [3.63, 3.8) is 0 Å². The monoisotopic (exact) mass is 612 g/mol. The normalized spacial score (nSPS) is 39.8. The number of rotatable bonds is 6. The summed E-state index contributed by atoms with van der Waals surface area (Å²) in [5, 5.41) is 12.5. The minimum atomic E-state index is -2.19. The van der Waals surface area contributed by atoms with E-state index in [0.717, 1.165) is 0 Å². The predicted octanol–water partition coefficient (Wildman–Crippen LogP) is 2.96. The lowest BCUT2D eigenvalue weighted by Gasteiger charge is -2.53. The Morgan fingerprint density at radius 3 is 2.16 bits per heavy atom. The van der Waals surface area contributed by atoms with E-state index in [2.05, 4.69) is 0 Å². The van der Waals surface area contributed by atoms with Crippen LogP contribution in [0.15, 0.2) is 42.5 Å². The van der Waals surface area contributed by atoms with Crippen LogP contribution in [0.1, 0.15) is 65.2 Å². The molecular formula is C33H40O11. The van der Waals surface area contributed by atoms with Crippen LogP contribution in [0.25, 0.3) is 0 Å². The number of ketones is 1. The number of hydrogen-bond donors (Lipinski definition) is 1. The minimum Gasteiger partial charge on any atom is -0.465 e. The molecule has 0 aromatic heterocycles. The first-order chi connectivity index (χ1) is 20.5. The highest BCUT2D eigenvalue weighted by molar-refractivity contribution is 5.97. The van der Waals surface area contributed by atoms with E-state index in [4.69, 9.17) is 23.7 Å². The van der Waals surface area contributed by atoms with Crippen LogP contribution in [0.2, 0.25) is 0 Å². The molecule has 0 spiro atoms. The molecule has 3 fully saturated rings. The maximum absolute atomic E-state index is 14.8. The molecular weight excluding hydrogens is 572 g/mol. The van der Waals surface area contributed by atoms with E-state index in [-0.39, 0.29) is 12.0 Å². The maximum atomic E-state index is 14.8. The second-order valence-corrected chi connectivity index (χ2v) is 13.4. The van der Waals surface area contributed by atoms with E-state index in [9.17, 15) is 29.1 Å². The highest BCUT2D eigenvalue weighted by atomic mass is 16.6. The average molecular weight is 613 g/mol. The van der Waals surface area contributed by atoms with Gasteiger partial charge in [-0.15, -0.1) is 0 Å². The smallest absolute Gasteiger partial charge is 0.338 e. The molecule has 3 aliphatic carbocycles. The summed E-state index contributed by atoms with van der Waals surface area (Å²) in [4.78, 5) is 66.2. The van der Waals surface area contributed by atoms with Gasteiger partial charge in [-0.05, 0) is 51.3 Å². The van der Waals surface area contributed by atoms with Gasteiger partial charge in [0.15, 0.2) is 5.78 Å². The van der Waals surface area contributed by atoms with Gasteiger partial charge in [0.1, 0.15) is 36.1 Å². The van der Waals surface area contributed by atoms with Gasteiger partial charge in [0.05, 0.1) is 22.5 Å². The van der Waals surface area contributed by atoms with E-state index < -0.39 is 100 Å². The molecule has 0 amide bonds. The number of carbonyl (C=O) groups is 5. The molecule has 1 saturated heterocycles. The number of hydrogen-bond acceptors (Lipinski definition) is 11. The van der Waals surface area contributed by atoms with Gasteiger partial charge in [0.2, 0.25) is 0 Å². The molecule has 44 heavy (non-hydrogen) atoms. The number of Topliss-reactive ketones (excluding diaryl/α,β-unsaturated/α-hetero) is 1. The third-order valence-corrected chi connectivity index (χ3v) is 10.00. The van der Waals surface area contributed by atoms with Crippen molar-refractivity contribution in [3.8, 4) is 0 Å². The Kier molecular flexibility index (Phi) is 7.82. The minimum absolute atomic E-state index is 0.117. The van der Waals surface area contributed by atoms with Crippen molar-refractivity contribution in [1.29, 1.82) is 0 Å². The molecule has 5 rings (SSSR count). The molecule has 11 heteroatoms.